The van der Waals surface area contributed by atoms with E-state index in [-0.39, 0.29) is 5.82 Å². The first-order valence-corrected chi connectivity index (χ1v) is 10.9. The fourth-order valence-electron chi connectivity index (χ4n) is 3.68. The molecule has 1 atom stereocenters. The number of halogens is 1. The number of rotatable bonds is 9. The van der Waals surface area contributed by atoms with Gasteiger partial charge < -0.3 is 21.1 Å². The first kappa shape index (κ1) is 23.7. The molecule has 1 aliphatic rings. The normalized spacial score (nSPS) is 15.9. The molecule has 1 amide bonds. The molecular formula is C24H32FN5O2. The number of carbonyl (C=O) groups is 1. The van der Waals surface area contributed by atoms with Crippen LogP contribution in [-0.4, -0.2) is 56.7 Å². The summed E-state index contributed by atoms with van der Waals surface area (Å²) in [6, 6.07) is 14.4. The van der Waals surface area contributed by atoms with Crippen LogP contribution in [0.4, 0.5) is 4.39 Å². The number of ether oxygens (including phenoxy) is 1. The summed E-state index contributed by atoms with van der Waals surface area (Å²) in [4.78, 5) is 18.6. The van der Waals surface area contributed by atoms with Crippen LogP contribution in [0.1, 0.15) is 16.7 Å². The number of benzene rings is 2. The molecule has 1 unspecified atom stereocenters. The van der Waals surface area contributed by atoms with Gasteiger partial charge in [0.25, 0.3) is 0 Å². The fraction of sp³-hybridized carbons (Fsp3) is 0.417. The summed E-state index contributed by atoms with van der Waals surface area (Å²) in [5.41, 5.74) is 8.91. The van der Waals surface area contributed by atoms with Crippen molar-refractivity contribution in [2.24, 2.45) is 16.6 Å². The van der Waals surface area contributed by atoms with Gasteiger partial charge in [0.05, 0.1) is 19.1 Å². The average molecular weight is 442 g/mol. The number of nitrogens with zero attached hydrogens (tertiary/aromatic N) is 2. The third-order valence-corrected chi connectivity index (χ3v) is 5.60. The minimum atomic E-state index is -0.437. The van der Waals surface area contributed by atoms with Crippen molar-refractivity contribution in [1.82, 2.24) is 15.5 Å². The second kappa shape index (κ2) is 12.2. The summed E-state index contributed by atoms with van der Waals surface area (Å²) in [6.07, 6.45) is 0.433. The topological polar surface area (TPSA) is 92.0 Å². The predicted octanol–water partition coefficient (Wildman–Crippen LogP) is 1.67. The van der Waals surface area contributed by atoms with Crippen LogP contribution in [0, 0.1) is 11.7 Å². The Balaban J connectivity index is 1.54. The van der Waals surface area contributed by atoms with Crippen molar-refractivity contribution in [3.05, 3.63) is 71.0 Å². The van der Waals surface area contributed by atoms with E-state index in [1.807, 2.05) is 6.07 Å². The summed E-state index contributed by atoms with van der Waals surface area (Å²) < 4.78 is 18.6. The molecule has 0 bridgehead atoms. The van der Waals surface area contributed by atoms with Crippen molar-refractivity contribution in [2.75, 3.05) is 39.9 Å². The van der Waals surface area contributed by atoms with Gasteiger partial charge in [-0.2, -0.15) is 0 Å². The molecule has 32 heavy (non-hydrogen) atoms. The van der Waals surface area contributed by atoms with E-state index in [2.05, 4.69) is 38.7 Å². The summed E-state index contributed by atoms with van der Waals surface area (Å²) in [7, 11) is 1.69. The highest BCUT2D eigenvalue weighted by Crippen LogP contribution is 2.13. The Labute approximate surface area is 188 Å². The van der Waals surface area contributed by atoms with E-state index in [9.17, 15) is 9.18 Å². The summed E-state index contributed by atoms with van der Waals surface area (Å²) >= 11 is 0. The second-order valence-corrected chi connectivity index (χ2v) is 7.89. The molecule has 1 aliphatic heterocycles. The lowest BCUT2D eigenvalue weighted by Crippen LogP contribution is -2.43. The molecule has 1 fully saturated rings. The molecular weight excluding hydrogens is 409 g/mol. The van der Waals surface area contributed by atoms with Gasteiger partial charge >= 0.3 is 0 Å². The number of amides is 1. The molecule has 0 radical (unpaired) electrons. The maximum absolute atomic E-state index is 13.1. The molecule has 2 aromatic carbocycles. The predicted molar refractivity (Wildman–Crippen MR) is 124 cm³/mol. The number of guanidine groups is 1. The van der Waals surface area contributed by atoms with Gasteiger partial charge in [-0.25, -0.2) is 4.39 Å². The second-order valence-electron chi connectivity index (χ2n) is 7.89. The molecule has 0 spiro atoms. The highest BCUT2D eigenvalue weighted by Gasteiger charge is 2.17. The maximum Gasteiger partial charge on any atom is 0.222 e. The molecule has 1 heterocycles. The van der Waals surface area contributed by atoms with Crippen LogP contribution in [0.3, 0.4) is 0 Å². The SMILES string of the molecule is CN=C(NCc1ccccc1CN1CCOCC1)NCC(Cc1ccc(F)cc1)C(N)=O. The van der Waals surface area contributed by atoms with Gasteiger partial charge in [-0.15, -0.1) is 0 Å². The minimum absolute atomic E-state index is 0.305. The van der Waals surface area contributed by atoms with Gasteiger partial charge in [0.1, 0.15) is 5.82 Å². The minimum Gasteiger partial charge on any atom is -0.379 e. The van der Waals surface area contributed by atoms with Crippen molar-refractivity contribution in [3.8, 4) is 0 Å². The number of aliphatic imine (C=N–C) groups is 1. The summed E-state index contributed by atoms with van der Waals surface area (Å²) in [6.45, 7) is 5.25. The van der Waals surface area contributed by atoms with E-state index in [4.69, 9.17) is 10.5 Å². The smallest absolute Gasteiger partial charge is 0.222 e. The van der Waals surface area contributed by atoms with Gasteiger partial charge in [-0.1, -0.05) is 36.4 Å². The third kappa shape index (κ3) is 7.32. The Morgan fingerprint density at radius 1 is 1.12 bits per heavy atom. The molecule has 8 heteroatoms. The maximum atomic E-state index is 13.1. The van der Waals surface area contributed by atoms with Crippen molar-refractivity contribution >= 4 is 11.9 Å². The lowest BCUT2D eigenvalue weighted by atomic mass is 9.98. The Bertz CT molecular complexity index is 898. The van der Waals surface area contributed by atoms with Crippen LogP contribution < -0.4 is 16.4 Å². The first-order chi connectivity index (χ1) is 15.5. The molecule has 4 N–H and O–H groups in total. The molecule has 3 rings (SSSR count). The highest BCUT2D eigenvalue weighted by atomic mass is 19.1. The molecule has 7 nitrogen and oxygen atoms in total. The van der Waals surface area contributed by atoms with E-state index in [1.165, 1.54) is 23.3 Å². The van der Waals surface area contributed by atoms with Gasteiger partial charge in [-0.3, -0.25) is 14.7 Å². The fourth-order valence-corrected chi connectivity index (χ4v) is 3.68. The Kier molecular flexibility index (Phi) is 9.01. The monoisotopic (exact) mass is 441 g/mol. The highest BCUT2D eigenvalue weighted by molar-refractivity contribution is 5.81. The zero-order valence-corrected chi connectivity index (χ0v) is 18.5. The van der Waals surface area contributed by atoms with E-state index in [0.29, 0.717) is 25.5 Å². The van der Waals surface area contributed by atoms with Crippen LogP contribution in [0.15, 0.2) is 53.5 Å². The number of hydrogen-bond donors (Lipinski definition) is 3. The number of hydrogen-bond acceptors (Lipinski definition) is 4. The zero-order valence-electron chi connectivity index (χ0n) is 18.5. The average Bonchev–Trinajstić information content (AvgIpc) is 2.81. The Morgan fingerprint density at radius 3 is 2.47 bits per heavy atom. The van der Waals surface area contributed by atoms with Gasteiger partial charge in [0.15, 0.2) is 5.96 Å². The van der Waals surface area contributed by atoms with Crippen LogP contribution in [0.25, 0.3) is 0 Å². The van der Waals surface area contributed by atoms with Gasteiger partial charge in [0, 0.05) is 39.8 Å². The largest absolute Gasteiger partial charge is 0.379 e. The van der Waals surface area contributed by atoms with E-state index in [1.54, 1.807) is 19.2 Å². The zero-order chi connectivity index (χ0) is 22.8. The number of primary amides is 1. The standard InChI is InChI=1S/C24H32FN5O2/c1-27-24(29-16-21(23(26)31)14-18-6-8-22(25)9-7-18)28-15-19-4-2-3-5-20(19)17-30-10-12-32-13-11-30/h2-9,21H,10-17H2,1H3,(H2,26,31)(H2,27,28,29). The van der Waals surface area contributed by atoms with Crippen LogP contribution in [0.2, 0.25) is 0 Å². The molecule has 0 saturated carbocycles. The van der Waals surface area contributed by atoms with Crippen molar-refractivity contribution in [3.63, 3.8) is 0 Å². The lowest BCUT2D eigenvalue weighted by Gasteiger charge is -2.27. The molecule has 172 valence electrons. The number of nitrogens with two attached hydrogens (primary N) is 1. The molecule has 0 aromatic heterocycles. The number of carbonyl (C=O) groups excluding carboxylic acids is 1. The molecule has 0 aliphatic carbocycles. The van der Waals surface area contributed by atoms with E-state index < -0.39 is 11.8 Å². The van der Waals surface area contributed by atoms with Crippen molar-refractivity contribution in [1.29, 1.82) is 0 Å². The van der Waals surface area contributed by atoms with Crippen LogP contribution in [-0.2, 0) is 29.0 Å². The van der Waals surface area contributed by atoms with Crippen molar-refractivity contribution in [2.45, 2.75) is 19.5 Å². The first-order valence-electron chi connectivity index (χ1n) is 10.9. The van der Waals surface area contributed by atoms with Gasteiger partial charge in [-0.05, 0) is 35.2 Å². The van der Waals surface area contributed by atoms with Gasteiger partial charge in [0.2, 0.25) is 5.91 Å². The van der Waals surface area contributed by atoms with Crippen LogP contribution in [0.5, 0.6) is 0 Å². The lowest BCUT2D eigenvalue weighted by molar-refractivity contribution is -0.121. The number of morpholine rings is 1. The van der Waals surface area contributed by atoms with E-state index in [0.717, 1.165) is 38.4 Å². The van der Waals surface area contributed by atoms with Crippen LogP contribution >= 0.6 is 0 Å². The quantitative estimate of drug-likeness (QED) is 0.407. The summed E-state index contributed by atoms with van der Waals surface area (Å²) in [5.74, 6) is -0.557. The Morgan fingerprint density at radius 2 is 1.81 bits per heavy atom. The number of nitrogens with one attached hydrogen (secondary N) is 2. The van der Waals surface area contributed by atoms with E-state index >= 15 is 0 Å². The summed E-state index contributed by atoms with van der Waals surface area (Å²) in [5, 5.41) is 6.51. The third-order valence-electron chi connectivity index (χ3n) is 5.60. The Hall–Kier alpha value is -2.97. The molecule has 1 saturated heterocycles. The van der Waals surface area contributed by atoms with Crippen molar-refractivity contribution < 1.29 is 13.9 Å². The molecule has 2 aromatic rings.